The maximum atomic E-state index is 11.4. The van der Waals surface area contributed by atoms with Gasteiger partial charge in [0.05, 0.1) is 0 Å². The molecule has 0 spiro atoms. The third-order valence-electron chi connectivity index (χ3n) is 2.46. The predicted octanol–water partition coefficient (Wildman–Crippen LogP) is 0.433. The van der Waals surface area contributed by atoms with Crippen LogP contribution < -0.4 is 0 Å². The molecule has 12 heavy (non-hydrogen) atoms. The number of nitrogens with zero attached hydrogens (tertiary/aromatic N) is 2. The van der Waals surface area contributed by atoms with Crippen LogP contribution in [0.4, 0.5) is 4.79 Å². The van der Waals surface area contributed by atoms with E-state index in [-0.39, 0.29) is 11.9 Å². The SMILES string of the molecule is CN1C(=O)CCN(C2CC2)C1=O. The van der Waals surface area contributed by atoms with Gasteiger partial charge < -0.3 is 4.90 Å². The van der Waals surface area contributed by atoms with Crippen molar-refractivity contribution in [2.45, 2.75) is 25.3 Å². The first kappa shape index (κ1) is 7.58. The highest BCUT2D eigenvalue weighted by Crippen LogP contribution is 2.29. The molecule has 2 fully saturated rings. The van der Waals surface area contributed by atoms with E-state index in [2.05, 4.69) is 0 Å². The number of imide groups is 1. The van der Waals surface area contributed by atoms with Gasteiger partial charge in [-0.05, 0) is 12.8 Å². The minimum atomic E-state index is -0.117. The smallest absolute Gasteiger partial charge is 0.321 e. The van der Waals surface area contributed by atoms with Crippen molar-refractivity contribution in [1.82, 2.24) is 9.80 Å². The molecule has 0 atom stereocenters. The number of hydrogen-bond donors (Lipinski definition) is 0. The molecular weight excluding hydrogens is 156 g/mol. The number of rotatable bonds is 1. The lowest BCUT2D eigenvalue weighted by molar-refractivity contribution is -0.129. The van der Waals surface area contributed by atoms with Crippen LogP contribution in [0.5, 0.6) is 0 Å². The molecule has 0 bridgehead atoms. The molecule has 1 aliphatic heterocycles. The van der Waals surface area contributed by atoms with Crippen molar-refractivity contribution < 1.29 is 9.59 Å². The number of hydrogen-bond acceptors (Lipinski definition) is 2. The molecule has 1 saturated carbocycles. The summed E-state index contributed by atoms with van der Waals surface area (Å²) in [4.78, 5) is 25.6. The number of urea groups is 1. The molecule has 2 aliphatic rings. The van der Waals surface area contributed by atoms with E-state index >= 15 is 0 Å². The Bertz CT molecular complexity index is 235. The fourth-order valence-corrected chi connectivity index (χ4v) is 1.50. The molecule has 0 unspecified atom stereocenters. The van der Waals surface area contributed by atoms with E-state index in [1.165, 1.54) is 4.90 Å². The zero-order chi connectivity index (χ0) is 8.72. The van der Waals surface area contributed by atoms with Crippen molar-refractivity contribution in [3.05, 3.63) is 0 Å². The zero-order valence-electron chi connectivity index (χ0n) is 7.12. The Morgan fingerprint density at radius 3 is 2.58 bits per heavy atom. The molecule has 0 aromatic carbocycles. The Labute approximate surface area is 71.1 Å². The second-order valence-corrected chi connectivity index (χ2v) is 3.41. The quantitative estimate of drug-likeness (QED) is 0.569. The van der Waals surface area contributed by atoms with Gasteiger partial charge in [0.15, 0.2) is 0 Å². The van der Waals surface area contributed by atoms with E-state index in [1.807, 2.05) is 0 Å². The first-order valence-electron chi connectivity index (χ1n) is 4.27. The van der Waals surface area contributed by atoms with Crippen LogP contribution in [-0.2, 0) is 4.79 Å². The minimum absolute atomic E-state index is 0.0584. The summed E-state index contributed by atoms with van der Waals surface area (Å²) in [5, 5.41) is 0. The highest BCUT2D eigenvalue weighted by molar-refractivity contribution is 5.96. The number of carbonyl (C=O) groups is 2. The molecule has 66 valence electrons. The molecular formula is C8H12N2O2. The largest absolute Gasteiger partial charge is 0.326 e. The lowest BCUT2D eigenvalue weighted by Gasteiger charge is -2.31. The molecule has 2 rings (SSSR count). The van der Waals surface area contributed by atoms with E-state index in [0.717, 1.165) is 12.8 Å². The Morgan fingerprint density at radius 2 is 2.00 bits per heavy atom. The lowest BCUT2D eigenvalue weighted by atomic mass is 10.3. The Kier molecular flexibility index (Phi) is 1.56. The fraction of sp³-hybridized carbons (Fsp3) is 0.750. The van der Waals surface area contributed by atoms with Crippen LogP contribution in [0, 0.1) is 0 Å². The summed E-state index contributed by atoms with van der Waals surface area (Å²) in [6.45, 7) is 0.618. The molecule has 4 nitrogen and oxygen atoms in total. The molecule has 0 aromatic rings. The van der Waals surface area contributed by atoms with Gasteiger partial charge in [-0.2, -0.15) is 0 Å². The first-order chi connectivity index (χ1) is 5.70. The van der Waals surface area contributed by atoms with Gasteiger partial charge in [0.25, 0.3) is 0 Å². The van der Waals surface area contributed by atoms with Gasteiger partial charge in [0, 0.05) is 26.1 Å². The van der Waals surface area contributed by atoms with Crippen molar-refractivity contribution in [3.8, 4) is 0 Å². The zero-order valence-corrected chi connectivity index (χ0v) is 7.12. The lowest BCUT2D eigenvalue weighted by Crippen LogP contribution is -2.51. The topological polar surface area (TPSA) is 40.6 Å². The average molecular weight is 168 g/mol. The van der Waals surface area contributed by atoms with Crippen molar-refractivity contribution in [2.24, 2.45) is 0 Å². The van der Waals surface area contributed by atoms with E-state index in [0.29, 0.717) is 19.0 Å². The normalized spacial score (nSPS) is 25.1. The van der Waals surface area contributed by atoms with E-state index in [1.54, 1.807) is 11.9 Å². The van der Waals surface area contributed by atoms with E-state index in [4.69, 9.17) is 0 Å². The van der Waals surface area contributed by atoms with Crippen LogP contribution in [0.25, 0.3) is 0 Å². The summed E-state index contributed by atoms with van der Waals surface area (Å²) in [5.41, 5.74) is 0. The summed E-state index contributed by atoms with van der Waals surface area (Å²) in [7, 11) is 1.55. The van der Waals surface area contributed by atoms with Crippen LogP contribution in [-0.4, -0.2) is 41.4 Å². The van der Waals surface area contributed by atoms with Gasteiger partial charge >= 0.3 is 6.03 Å². The van der Waals surface area contributed by atoms with Crippen LogP contribution in [0.3, 0.4) is 0 Å². The van der Waals surface area contributed by atoms with Gasteiger partial charge in [-0.3, -0.25) is 9.69 Å². The molecule has 4 heteroatoms. The Balaban J connectivity index is 2.08. The standard InChI is InChI=1S/C8H12N2O2/c1-9-7(11)4-5-10(8(9)12)6-2-3-6/h6H,2-5H2,1H3. The molecule has 1 saturated heterocycles. The van der Waals surface area contributed by atoms with Crippen LogP contribution >= 0.6 is 0 Å². The highest BCUT2D eigenvalue weighted by atomic mass is 16.2. The summed E-state index contributed by atoms with van der Waals surface area (Å²) < 4.78 is 0. The molecule has 0 N–H and O–H groups in total. The maximum absolute atomic E-state index is 11.4. The van der Waals surface area contributed by atoms with Crippen LogP contribution in [0.15, 0.2) is 0 Å². The molecule has 1 heterocycles. The Morgan fingerprint density at radius 1 is 1.33 bits per heavy atom. The Hall–Kier alpha value is -1.06. The number of amides is 3. The second kappa shape index (κ2) is 2.47. The van der Waals surface area contributed by atoms with Crippen molar-refractivity contribution in [3.63, 3.8) is 0 Å². The van der Waals surface area contributed by atoms with Gasteiger partial charge in [-0.25, -0.2) is 4.79 Å². The highest BCUT2D eigenvalue weighted by Gasteiger charge is 2.38. The molecule has 3 amide bonds. The second-order valence-electron chi connectivity index (χ2n) is 3.41. The van der Waals surface area contributed by atoms with Gasteiger partial charge in [-0.15, -0.1) is 0 Å². The minimum Gasteiger partial charge on any atom is -0.321 e. The third-order valence-corrected chi connectivity index (χ3v) is 2.46. The van der Waals surface area contributed by atoms with Crippen LogP contribution in [0.1, 0.15) is 19.3 Å². The van der Waals surface area contributed by atoms with E-state index < -0.39 is 0 Å². The first-order valence-corrected chi connectivity index (χ1v) is 4.27. The molecule has 1 aliphatic carbocycles. The maximum Gasteiger partial charge on any atom is 0.326 e. The summed E-state index contributed by atoms with van der Waals surface area (Å²) in [5.74, 6) is -0.0584. The predicted molar refractivity (Wildman–Crippen MR) is 42.5 cm³/mol. The fourth-order valence-electron chi connectivity index (χ4n) is 1.50. The van der Waals surface area contributed by atoms with Gasteiger partial charge in [-0.1, -0.05) is 0 Å². The molecule has 0 aromatic heterocycles. The summed E-state index contributed by atoms with van der Waals surface area (Å²) in [6, 6.07) is 0.307. The van der Waals surface area contributed by atoms with Crippen molar-refractivity contribution >= 4 is 11.9 Å². The summed E-state index contributed by atoms with van der Waals surface area (Å²) >= 11 is 0. The van der Waals surface area contributed by atoms with Crippen LogP contribution in [0.2, 0.25) is 0 Å². The third kappa shape index (κ3) is 1.07. The number of carbonyl (C=O) groups excluding carboxylic acids is 2. The van der Waals surface area contributed by atoms with Gasteiger partial charge in [0.1, 0.15) is 0 Å². The molecule has 0 radical (unpaired) electrons. The van der Waals surface area contributed by atoms with Gasteiger partial charge in [0.2, 0.25) is 5.91 Å². The van der Waals surface area contributed by atoms with Crippen molar-refractivity contribution in [1.29, 1.82) is 0 Å². The monoisotopic (exact) mass is 168 g/mol. The van der Waals surface area contributed by atoms with Crippen molar-refractivity contribution in [2.75, 3.05) is 13.6 Å². The van der Waals surface area contributed by atoms with E-state index in [9.17, 15) is 9.59 Å². The summed E-state index contributed by atoms with van der Waals surface area (Å²) in [6.07, 6.45) is 2.69. The average Bonchev–Trinajstić information content (AvgIpc) is 2.84.